The van der Waals surface area contributed by atoms with Gasteiger partial charge in [-0.15, -0.1) is 11.6 Å². The van der Waals surface area contributed by atoms with Crippen LogP contribution >= 0.6 is 11.6 Å². The number of rotatable bonds is 2. The molecule has 0 radical (unpaired) electrons. The van der Waals surface area contributed by atoms with E-state index in [2.05, 4.69) is 4.98 Å². The van der Waals surface area contributed by atoms with Crippen molar-refractivity contribution in [1.82, 2.24) is 9.55 Å². The summed E-state index contributed by atoms with van der Waals surface area (Å²) in [7, 11) is 1.80. The smallest absolute Gasteiger partial charge is 0.197 e. The molecular formula is C6H7ClN2O. The second-order valence-electron chi connectivity index (χ2n) is 1.98. The number of carbonyl (C=O) groups excluding carboxylic acids is 1. The fourth-order valence-corrected chi connectivity index (χ4v) is 0.762. The van der Waals surface area contributed by atoms with Crippen LogP contribution in [0.15, 0.2) is 12.5 Å². The first-order valence-electron chi connectivity index (χ1n) is 2.81. The molecule has 54 valence electrons. The molecule has 0 aliphatic rings. The standard InChI is InChI=1S/C6H7ClN2O/c1-9-3-5(8-4-9)6(10)2-7/h3-4H,2H2,1H3. The fraction of sp³-hybridized carbons (Fsp3) is 0.333. The molecular weight excluding hydrogens is 152 g/mol. The largest absolute Gasteiger partial charge is 0.340 e. The van der Waals surface area contributed by atoms with Gasteiger partial charge in [0.2, 0.25) is 0 Å². The molecule has 0 spiro atoms. The van der Waals surface area contributed by atoms with Crippen LogP contribution in [-0.4, -0.2) is 21.2 Å². The quantitative estimate of drug-likeness (QED) is 0.472. The van der Waals surface area contributed by atoms with Gasteiger partial charge in [-0.3, -0.25) is 4.79 Å². The molecule has 1 aromatic rings. The third kappa shape index (κ3) is 1.36. The number of hydrogen-bond donors (Lipinski definition) is 0. The summed E-state index contributed by atoms with van der Waals surface area (Å²) < 4.78 is 1.71. The molecule has 10 heavy (non-hydrogen) atoms. The summed E-state index contributed by atoms with van der Waals surface area (Å²) in [5.74, 6) is -0.140. The number of hydrogen-bond acceptors (Lipinski definition) is 2. The van der Waals surface area contributed by atoms with Gasteiger partial charge in [0.1, 0.15) is 5.69 Å². The van der Waals surface area contributed by atoms with E-state index in [9.17, 15) is 4.79 Å². The van der Waals surface area contributed by atoms with E-state index in [1.807, 2.05) is 0 Å². The number of aromatic nitrogens is 2. The van der Waals surface area contributed by atoms with Crippen LogP contribution in [0.5, 0.6) is 0 Å². The second-order valence-corrected chi connectivity index (χ2v) is 2.25. The summed E-state index contributed by atoms with van der Waals surface area (Å²) in [5, 5.41) is 0. The van der Waals surface area contributed by atoms with E-state index < -0.39 is 0 Å². The zero-order valence-electron chi connectivity index (χ0n) is 5.54. The Morgan fingerprint density at radius 1 is 1.90 bits per heavy atom. The highest BCUT2D eigenvalue weighted by Crippen LogP contribution is 1.96. The van der Waals surface area contributed by atoms with Crippen LogP contribution in [0.25, 0.3) is 0 Å². The van der Waals surface area contributed by atoms with Gasteiger partial charge in [-0.25, -0.2) is 4.98 Å². The van der Waals surface area contributed by atoms with Crippen molar-refractivity contribution in [3.05, 3.63) is 18.2 Å². The van der Waals surface area contributed by atoms with E-state index in [4.69, 9.17) is 11.6 Å². The van der Waals surface area contributed by atoms with Crippen molar-refractivity contribution >= 4 is 17.4 Å². The number of ketones is 1. The number of imidazole rings is 1. The molecule has 0 aliphatic carbocycles. The van der Waals surface area contributed by atoms with Gasteiger partial charge in [0.25, 0.3) is 0 Å². The van der Waals surface area contributed by atoms with Crippen molar-refractivity contribution in [2.45, 2.75) is 0 Å². The molecule has 0 saturated heterocycles. The molecule has 0 saturated carbocycles. The lowest BCUT2D eigenvalue weighted by atomic mass is 10.3. The lowest BCUT2D eigenvalue weighted by molar-refractivity contribution is 0.101. The highest BCUT2D eigenvalue weighted by Gasteiger charge is 2.05. The molecule has 1 aromatic heterocycles. The van der Waals surface area contributed by atoms with Crippen molar-refractivity contribution in [3.63, 3.8) is 0 Å². The van der Waals surface area contributed by atoms with Gasteiger partial charge in [0, 0.05) is 13.2 Å². The van der Waals surface area contributed by atoms with Crippen molar-refractivity contribution in [2.24, 2.45) is 7.05 Å². The van der Waals surface area contributed by atoms with Crippen LogP contribution in [0.1, 0.15) is 10.5 Å². The fourth-order valence-electron chi connectivity index (χ4n) is 0.625. The SMILES string of the molecule is Cn1cnc(C(=O)CCl)c1. The lowest BCUT2D eigenvalue weighted by Gasteiger charge is -1.85. The molecule has 0 amide bonds. The first-order valence-corrected chi connectivity index (χ1v) is 3.34. The number of nitrogens with zero attached hydrogens (tertiary/aromatic N) is 2. The number of Topliss-reactive ketones (excluding diaryl/α,β-unsaturated/α-hetero) is 1. The zero-order chi connectivity index (χ0) is 7.56. The van der Waals surface area contributed by atoms with Crippen LogP contribution in [-0.2, 0) is 7.05 Å². The number of halogens is 1. The van der Waals surface area contributed by atoms with E-state index in [1.165, 1.54) is 0 Å². The Morgan fingerprint density at radius 3 is 3.00 bits per heavy atom. The Morgan fingerprint density at radius 2 is 2.60 bits per heavy atom. The van der Waals surface area contributed by atoms with Gasteiger partial charge >= 0.3 is 0 Å². The van der Waals surface area contributed by atoms with Gasteiger partial charge in [-0.1, -0.05) is 0 Å². The van der Waals surface area contributed by atoms with E-state index >= 15 is 0 Å². The minimum absolute atomic E-state index is 0.00296. The number of alkyl halides is 1. The molecule has 0 bridgehead atoms. The summed E-state index contributed by atoms with van der Waals surface area (Å²) >= 11 is 5.30. The second kappa shape index (κ2) is 2.84. The maximum atomic E-state index is 10.8. The van der Waals surface area contributed by atoms with Gasteiger partial charge in [-0.2, -0.15) is 0 Å². The maximum Gasteiger partial charge on any atom is 0.197 e. The van der Waals surface area contributed by atoms with Gasteiger partial charge in [-0.05, 0) is 0 Å². The van der Waals surface area contributed by atoms with Gasteiger partial charge in [0.05, 0.1) is 12.2 Å². The first kappa shape index (κ1) is 7.28. The molecule has 1 heterocycles. The minimum atomic E-state index is -0.137. The topological polar surface area (TPSA) is 34.9 Å². The van der Waals surface area contributed by atoms with Gasteiger partial charge < -0.3 is 4.57 Å². The van der Waals surface area contributed by atoms with Gasteiger partial charge in [0.15, 0.2) is 5.78 Å². The summed E-state index contributed by atoms with van der Waals surface area (Å²) in [6, 6.07) is 0. The Balaban J connectivity index is 2.85. The minimum Gasteiger partial charge on any atom is -0.340 e. The van der Waals surface area contributed by atoms with E-state index in [0.29, 0.717) is 5.69 Å². The maximum absolute atomic E-state index is 10.8. The predicted octanol–water partition coefficient (Wildman–Crippen LogP) is 0.842. The zero-order valence-corrected chi connectivity index (χ0v) is 6.30. The Hall–Kier alpha value is -0.830. The summed E-state index contributed by atoms with van der Waals surface area (Å²) in [6.45, 7) is 0. The Kier molecular flexibility index (Phi) is 2.06. The third-order valence-electron chi connectivity index (χ3n) is 1.11. The molecule has 0 N–H and O–H groups in total. The molecule has 3 nitrogen and oxygen atoms in total. The highest BCUT2D eigenvalue weighted by atomic mass is 35.5. The first-order chi connectivity index (χ1) is 4.74. The molecule has 0 fully saturated rings. The average Bonchev–Trinajstić information content (AvgIpc) is 2.34. The molecule has 0 aliphatic heterocycles. The van der Waals surface area contributed by atoms with E-state index in [-0.39, 0.29) is 11.7 Å². The Labute approximate surface area is 63.6 Å². The summed E-state index contributed by atoms with van der Waals surface area (Å²) in [4.78, 5) is 14.6. The normalized spacial score (nSPS) is 9.80. The lowest BCUT2D eigenvalue weighted by Crippen LogP contribution is -1.99. The van der Waals surface area contributed by atoms with Crippen LogP contribution < -0.4 is 0 Å². The third-order valence-corrected chi connectivity index (χ3v) is 1.35. The van der Waals surface area contributed by atoms with E-state index in [0.717, 1.165) is 0 Å². The molecule has 0 aromatic carbocycles. The van der Waals surface area contributed by atoms with Crippen molar-refractivity contribution in [1.29, 1.82) is 0 Å². The number of carbonyl (C=O) groups is 1. The number of aryl methyl sites for hydroxylation is 1. The molecule has 4 heteroatoms. The van der Waals surface area contributed by atoms with Crippen molar-refractivity contribution in [2.75, 3.05) is 5.88 Å². The molecule has 0 atom stereocenters. The van der Waals surface area contributed by atoms with Crippen molar-refractivity contribution < 1.29 is 4.79 Å². The van der Waals surface area contributed by atoms with Crippen molar-refractivity contribution in [3.8, 4) is 0 Å². The van der Waals surface area contributed by atoms with Crippen LogP contribution in [0.4, 0.5) is 0 Å². The summed E-state index contributed by atoms with van der Waals surface area (Å²) in [6.07, 6.45) is 3.21. The van der Waals surface area contributed by atoms with Crippen LogP contribution in [0.3, 0.4) is 0 Å². The highest BCUT2D eigenvalue weighted by molar-refractivity contribution is 6.30. The molecule has 0 unspecified atom stereocenters. The average molecular weight is 159 g/mol. The summed E-state index contributed by atoms with van der Waals surface area (Å²) in [5.41, 5.74) is 0.428. The van der Waals surface area contributed by atoms with Crippen LogP contribution in [0, 0.1) is 0 Å². The monoisotopic (exact) mass is 158 g/mol. The molecule has 1 rings (SSSR count). The van der Waals surface area contributed by atoms with E-state index in [1.54, 1.807) is 24.1 Å². The van der Waals surface area contributed by atoms with Crippen LogP contribution in [0.2, 0.25) is 0 Å². The Bertz CT molecular complexity index is 244. The predicted molar refractivity (Wildman–Crippen MR) is 38.3 cm³/mol.